The first-order valence-electron chi connectivity index (χ1n) is 6.62. The average Bonchev–Trinajstić information content (AvgIpc) is 2.59. The molecule has 0 spiro atoms. The molecule has 5 nitrogen and oxygen atoms in total. The molecule has 0 fully saturated rings. The minimum atomic E-state index is -0.941. The van der Waals surface area contributed by atoms with Crippen molar-refractivity contribution in [3.8, 4) is 23.3 Å². The Hall–Kier alpha value is -2.71. The van der Waals surface area contributed by atoms with Gasteiger partial charge in [0.2, 0.25) is 0 Å². The van der Waals surface area contributed by atoms with Gasteiger partial charge >= 0.3 is 0 Å². The van der Waals surface area contributed by atoms with E-state index in [9.17, 15) is 5.11 Å². The molecule has 0 radical (unpaired) electrons. The molecule has 0 heterocycles. The number of benzene rings is 2. The highest BCUT2D eigenvalue weighted by Gasteiger charge is 2.22. The lowest BCUT2D eigenvalue weighted by molar-refractivity contribution is 0.208. The molecule has 5 heteroatoms. The Morgan fingerprint density at radius 2 is 1.50 bits per heavy atom. The molecule has 0 aliphatic heterocycles. The number of hydrogen-bond donors (Lipinski definition) is 1. The van der Waals surface area contributed by atoms with Crippen molar-refractivity contribution in [2.75, 3.05) is 21.3 Å². The van der Waals surface area contributed by atoms with Gasteiger partial charge in [-0.15, -0.1) is 0 Å². The van der Waals surface area contributed by atoms with Crippen LogP contribution >= 0.6 is 0 Å². The Morgan fingerprint density at radius 1 is 0.955 bits per heavy atom. The quantitative estimate of drug-likeness (QED) is 0.919. The molecule has 2 aromatic carbocycles. The maximum absolute atomic E-state index is 10.7. The van der Waals surface area contributed by atoms with E-state index in [1.807, 2.05) is 6.07 Å². The molecule has 2 rings (SSSR count). The van der Waals surface area contributed by atoms with Crippen LogP contribution in [0.15, 0.2) is 36.4 Å². The Morgan fingerprint density at radius 3 is 1.91 bits per heavy atom. The van der Waals surface area contributed by atoms with Gasteiger partial charge in [-0.2, -0.15) is 5.26 Å². The summed E-state index contributed by atoms with van der Waals surface area (Å²) in [7, 11) is 4.58. The summed E-state index contributed by atoms with van der Waals surface area (Å²) in [6.07, 6.45) is -0.941. The number of rotatable bonds is 5. The number of methoxy groups -OCH3 is 3. The van der Waals surface area contributed by atoms with Gasteiger partial charge in [0.05, 0.1) is 38.5 Å². The van der Waals surface area contributed by atoms with Gasteiger partial charge in [-0.25, -0.2) is 0 Å². The molecule has 1 atom stereocenters. The van der Waals surface area contributed by atoms with E-state index >= 15 is 0 Å². The molecule has 0 bridgehead atoms. The fourth-order valence-electron chi connectivity index (χ4n) is 2.21. The predicted octanol–water partition coefficient (Wildman–Crippen LogP) is 2.67. The summed E-state index contributed by atoms with van der Waals surface area (Å²) in [6, 6.07) is 12.1. The van der Waals surface area contributed by atoms with Crippen LogP contribution in [0.3, 0.4) is 0 Å². The minimum absolute atomic E-state index is 0.466. The third-order valence-corrected chi connectivity index (χ3v) is 3.38. The zero-order chi connectivity index (χ0) is 16.1. The Kier molecular flexibility index (Phi) is 4.87. The van der Waals surface area contributed by atoms with Crippen molar-refractivity contribution >= 4 is 0 Å². The normalized spacial score (nSPS) is 11.4. The summed E-state index contributed by atoms with van der Waals surface area (Å²) in [5.41, 5.74) is 1.68. The van der Waals surface area contributed by atoms with Gasteiger partial charge < -0.3 is 19.3 Å². The van der Waals surface area contributed by atoms with E-state index in [0.29, 0.717) is 33.9 Å². The van der Waals surface area contributed by atoms with Gasteiger partial charge in [-0.1, -0.05) is 12.1 Å². The van der Waals surface area contributed by atoms with Gasteiger partial charge in [0.25, 0.3) is 0 Å². The van der Waals surface area contributed by atoms with Crippen LogP contribution in [0.4, 0.5) is 0 Å². The molecule has 22 heavy (non-hydrogen) atoms. The van der Waals surface area contributed by atoms with Gasteiger partial charge in [-0.3, -0.25) is 0 Å². The van der Waals surface area contributed by atoms with E-state index in [1.165, 1.54) is 14.2 Å². The molecule has 0 unspecified atom stereocenters. The van der Waals surface area contributed by atoms with Gasteiger partial charge in [0.1, 0.15) is 23.4 Å². The van der Waals surface area contributed by atoms with Gasteiger partial charge in [0.15, 0.2) is 0 Å². The molecule has 1 N–H and O–H groups in total. The van der Waals surface area contributed by atoms with Crippen LogP contribution in [0, 0.1) is 11.3 Å². The first-order chi connectivity index (χ1) is 10.6. The minimum Gasteiger partial charge on any atom is -0.496 e. The van der Waals surface area contributed by atoms with Crippen LogP contribution in [0.2, 0.25) is 0 Å². The molecule has 0 aliphatic rings. The van der Waals surface area contributed by atoms with E-state index < -0.39 is 6.10 Å². The summed E-state index contributed by atoms with van der Waals surface area (Å²) < 4.78 is 15.9. The average molecular weight is 299 g/mol. The largest absolute Gasteiger partial charge is 0.496 e. The summed E-state index contributed by atoms with van der Waals surface area (Å²) in [4.78, 5) is 0. The van der Waals surface area contributed by atoms with Crippen LogP contribution in [-0.4, -0.2) is 26.4 Å². The third kappa shape index (κ3) is 2.97. The van der Waals surface area contributed by atoms with Gasteiger partial charge in [0, 0.05) is 12.1 Å². The van der Waals surface area contributed by atoms with Crippen molar-refractivity contribution in [3.05, 3.63) is 53.1 Å². The number of ether oxygens (including phenoxy) is 3. The fourth-order valence-corrected chi connectivity index (χ4v) is 2.21. The third-order valence-electron chi connectivity index (χ3n) is 3.38. The molecule has 0 amide bonds. The van der Waals surface area contributed by atoms with E-state index in [0.717, 1.165) is 0 Å². The summed E-state index contributed by atoms with van der Waals surface area (Å²) >= 11 is 0. The van der Waals surface area contributed by atoms with E-state index in [4.69, 9.17) is 19.5 Å². The highest BCUT2D eigenvalue weighted by atomic mass is 16.5. The second kappa shape index (κ2) is 6.83. The highest BCUT2D eigenvalue weighted by Crippen LogP contribution is 2.40. The topological polar surface area (TPSA) is 71.7 Å². The smallest absolute Gasteiger partial charge is 0.132 e. The Balaban J connectivity index is 2.51. The van der Waals surface area contributed by atoms with Crippen molar-refractivity contribution < 1.29 is 19.3 Å². The van der Waals surface area contributed by atoms with E-state index in [1.54, 1.807) is 43.5 Å². The van der Waals surface area contributed by atoms with Gasteiger partial charge in [-0.05, 0) is 17.7 Å². The van der Waals surface area contributed by atoms with Crippen molar-refractivity contribution in [1.29, 1.82) is 5.26 Å². The fraction of sp³-hybridized carbons (Fsp3) is 0.235. The number of nitrogens with zero attached hydrogens (tertiary/aromatic N) is 1. The summed E-state index contributed by atoms with van der Waals surface area (Å²) in [5.74, 6) is 1.51. The molecule has 0 saturated heterocycles. The maximum Gasteiger partial charge on any atom is 0.132 e. The lowest BCUT2D eigenvalue weighted by Gasteiger charge is -2.19. The molecular weight excluding hydrogens is 282 g/mol. The van der Waals surface area contributed by atoms with E-state index in [2.05, 4.69) is 0 Å². The van der Waals surface area contributed by atoms with Crippen LogP contribution in [0.25, 0.3) is 0 Å². The maximum atomic E-state index is 10.7. The van der Waals surface area contributed by atoms with Crippen molar-refractivity contribution in [1.82, 2.24) is 0 Å². The van der Waals surface area contributed by atoms with Crippen molar-refractivity contribution in [2.45, 2.75) is 6.10 Å². The number of hydrogen-bond acceptors (Lipinski definition) is 5. The Bertz CT molecular complexity index is 664. The molecule has 0 aromatic heterocycles. The van der Waals surface area contributed by atoms with Crippen molar-refractivity contribution in [3.63, 3.8) is 0 Å². The van der Waals surface area contributed by atoms with Crippen LogP contribution in [-0.2, 0) is 0 Å². The molecule has 114 valence electrons. The van der Waals surface area contributed by atoms with E-state index in [-0.39, 0.29) is 0 Å². The predicted molar refractivity (Wildman–Crippen MR) is 81.3 cm³/mol. The zero-order valence-corrected chi connectivity index (χ0v) is 12.7. The second-order valence-electron chi connectivity index (χ2n) is 4.58. The summed E-state index contributed by atoms with van der Waals surface area (Å²) in [6.45, 7) is 0. The second-order valence-corrected chi connectivity index (χ2v) is 4.58. The zero-order valence-electron chi connectivity index (χ0n) is 12.7. The van der Waals surface area contributed by atoms with Crippen LogP contribution < -0.4 is 14.2 Å². The van der Waals surface area contributed by atoms with Crippen LogP contribution in [0.1, 0.15) is 22.8 Å². The lowest BCUT2D eigenvalue weighted by atomic mass is 9.98. The standard InChI is InChI=1S/C17H17NO4/c1-20-13-8-14(21-2)16(15(9-13)22-3)17(19)12-6-4-11(10-18)5-7-12/h4-9,17,19H,1-3H3/t17-/m1/s1. The van der Waals surface area contributed by atoms with Crippen LogP contribution in [0.5, 0.6) is 17.2 Å². The molecule has 0 aliphatic carbocycles. The Labute approximate surface area is 129 Å². The number of nitriles is 1. The molecular formula is C17H17NO4. The van der Waals surface area contributed by atoms with Crippen molar-refractivity contribution in [2.24, 2.45) is 0 Å². The molecule has 0 saturated carbocycles. The monoisotopic (exact) mass is 299 g/mol. The SMILES string of the molecule is COc1cc(OC)c([C@H](O)c2ccc(C#N)cc2)c(OC)c1. The number of aliphatic hydroxyl groups excluding tert-OH is 1. The summed E-state index contributed by atoms with van der Waals surface area (Å²) in [5, 5.41) is 19.5. The lowest BCUT2D eigenvalue weighted by Crippen LogP contribution is -2.05. The number of aliphatic hydroxyl groups is 1. The first kappa shape index (κ1) is 15.7. The highest BCUT2D eigenvalue weighted by molar-refractivity contribution is 5.54. The molecule has 2 aromatic rings. The first-order valence-corrected chi connectivity index (χ1v) is 6.62.